The van der Waals surface area contributed by atoms with Gasteiger partial charge in [-0.25, -0.2) is 8.42 Å². The van der Waals surface area contributed by atoms with Crippen LogP contribution < -0.4 is 14.8 Å². The zero-order valence-electron chi connectivity index (χ0n) is 16.3. The van der Waals surface area contributed by atoms with Crippen molar-refractivity contribution in [1.82, 2.24) is 9.71 Å². The maximum Gasteiger partial charge on any atom is 0.322 e. The highest BCUT2D eigenvalue weighted by atomic mass is 32.2. The first-order valence-electron chi connectivity index (χ1n) is 8.97. The number of carboxylic acids is 1. The number of amides is 1. The van der Waals surface area contributed by atoms with E-state index in [-0.39, 0.29) is 23.0 Å². The summed E-state index contributed by atoms with van der Waals surface area (Å²) in [5.74, 6) is -1.51. The van der Waals surface area contributed by atoms with Gasteiger partial charge in [-0.1, -0.05) is 18.2 Å². The molecule has 0 saturated heterocycles. The lowest BCUT2D eigenvalue weighted by molar-refractivity contribution is -0.138. The number of hydrogen-bond acceptors (Lipinski definition) is 5. The van der Waals surface area contributed by atoms with Crippen LogP contribution in [-0.4, -0.2) is 43.5 Å². The average Bonchev–Trinajstić information content (AvgIpc) is 3.10. The van der Waals surface area contributed by atoms with Gasteiger partial charge in [-0.05, 0) is 23.8 Å². The highest BCUT2D eigenvalue weighted by Gasteiger charge is 2.27. The van der Waals surface area contributed by atoms with Crippen LogP contribution in [0.3, 0.4) is 0 Å². The predicted octanol–water partition coefficient (Wildman–Crippen LogP) is 2.11. The van der Waals surface area contributed by atoms with Crippen molar-refractivity contribution in [2.24, 2.45) is 0 Å². The first-order valence-corrected chi connectivity index (χ1v) is 10.5. The molecule has 0 bridgehead atoms. The molecule has 0 radical (unpaired) electrons. The molecule has 30 heavy (non-hydrogen) atoms. The topological polar surface area (TPSA) is 138 Å². The van der Waals surface area contributed by atoms with E-state index in [0.29, 0.717) is 11.3 Å². The standard InChI is InChI=1S/C20H21N3O6S/c1-12(24)22-17-8-7-14(10-19(17)29-2)30(27,28)23-18(20(25)26)9-13-11-21-16-6-4-3-5-15(13)16/h3-8,10-11,18,21,23H,9H2,1-2H3,(H,22,24)(H,25,26)/t18-/m0/s1. The third kappa shape index (κ3) is 4.61. The summed E-state index contributed by atoms with van der Waals surface area (Å²) in [5, 5.41) is 12.9. The van der Waals surface area contributed by atoms with Crippen LogP contribution in [0.2, 0.25) is 0 Å². The maximum atomic E-state index is 12.8. The van der Waals surface area contributed by atoms with Gasteiger partial charge < -0.3 is 20.1 Å². The van der Waals surface area contributed by atoms with Crippen LogP contribution in [0.1, 0.15) is 12.5 Å². The SMILES string of the molecule is COc1cc(S(=O)(=O)N[C@@H](Cc2c[nH]c3ccccc23)C(=O)O)ccc1NC(C)=O. The Morgan fingerprint density at radius 3 is 2.60 bits per heavy atom. The second kappa shape index (κ2) is 8.56. The minimum atomic E-state index is -4.17. The number of methoxy groups -OCH3 is 1. The molecule has 1 aromatic heterocycles. The van der Waals surface area contributed by atoms with Gasteiger partial charge in [-0.3, -0.25) is 9.59 Å². The van der Waals surface area contributed by atoms with Crippen molar-refractivity contribution in [1.29, 1.82) is 0 Å². The van der Waals surface area contributed by atoms with Crippen LogP contribution >= 0.6 is 0 Å². The number of hydrogen-bond donors (Lipinski definition) is 4. The molecule has 0 saturated carbocycles. The summed E-state index contributed by atoms with van der Waals surface area (Å²) in [4.78, 5) is 25.9. The van der Waals surface area contributed by atoms with Crippen LogP contribution in [0.4, 0.5) is 5.69 Å². The number of nitrogens with one attached hydrogen (secondary N) is 3. The summed E-state index contributed by atoms with van der Waals surface area (Å²) in [6, 6.07) is 9.83. The Hall–Kier alpha value is -3.37. The van der Waals surface area contributed by atoms with Crippen LogP contribution in [-0.2, 0) is 26.0 Å². The van der Waals surface area contributed by atoms with E-state index in [2.05, 4.69) is 15.0 Å². The van der Waals surface area contributed by atoms with Gasteiger partial charge in [-0.15, -0.1) is 0 Å². The molecule has 0 aliphatic rings. The molecule has 158 valence electrons. The monoisotopic (exact) mass is 431 g/mol. The molecular formula is C20H21N3O6S. The molecular weight excluding hydrogens is 410 g/mol. The summed E-state index contributed by atoms with van der Waals surface area (Å²) in [5.41, 5.74) is 1.81. The molecule has 0 aliphatic carbocycles. The van der Waals surface area contributed by atoms with Gasteiger partial charge in [0.05, 0.1) is 17.7 Å². The molecule has 0 aliphatic heterocycles. The van der Waals surface area contributed by atoms with E-state index in [0.717, 1.165) is 10.9 Å². The molecule has 1 atom stereocenters. The summed E-state index contributed by atoms with van der Waals surface area (Å²) in [6.45, 7) is 1.31. The van der Waals surface area contributed by atoms with Crippen LogP contribution in [0.25, 0.3) is 10.9 Å². The van der Waals surface area contributed by atoms with E-state index >= 15 is 0 Å². The van der Waals surface area contributed by atoms with Crippen molar-refractivity contribution in [3.8, 4) is 5.75 Å². The molecule has 1 heterocycles. The first kappa shape index (κ1) is 21.3. The van der Waals surface area contributed by atoms with Crippen molar-refractivity contribution >= 4 is 38.5 Å². The van der Waals surface area contributed by atoms with Crippen LogP contribution in [0.5, 0.6) is 5.75 Å². The number of sulfonamides is 1. The number of rotatable bonds is 8. The molecule has 1 amide bonds. The summed E-state index contributed by atoms with van der Waals surface area (Å²) in [7, 11) is -2.84. The number of ether oxygens (including phenoxy) is 1. The van der Waals surface area contributed by atoms with E-state index in [1.807, 2.05) is 24.3 Å². The van der Waals surface area contributed by atoms with Crippen LogP contribution in [0, 0.1) is 0 Å². The molecule has 9 nitrogen and oxygen atoms in total. The molecule has 0 fully saturated rings. The van der Waals surface area contributed by atoms with Gasteiger partial charge in [0.2, 0.25) is 15.9 Å². The second-order valence-corrected chi connectivity index (χ2v) is 8.33. The Morgan fingerprint density at radius 1 is 1.20 bits per heavy atom. The summed E-state index contributed by atoms with van der Waals surface area (Å²) < 4.78 is 33.0. The van der Waals surface area contributed by atoms with Crippen molar-refractivity contribution in [2.75, 3.05) is 12.4 Å². The van der Waals surface area contributed by atoms with Gasteiger partial charge in [0.15, 0.2) is 0 Å². The first-order chi connectivity index (χ1) is 14.2. The molecule has 3 aromatic rings. The second-order valence-electron chi connectivity index (χ2n) is 6.62. The highest BCUT2D eigenvalue weighted by Crippen LogP contribution is 2.28. The quantitative estimate of drug-likeness (QED) is 0.431. The number of para-hydroxylation sites is 1. The Labute approximate surface area is 173 Å². The van der Waals surface area contributed by atoms with Gasteiger partial charge in [0.1, 0.15) is 11.8 Å². The third-order valence-electron chi connectivity index (χ3n) is 4.49. The Balaban J connectivity index is 1.87. The number of carboxylic acid groups (broad SMARTS) is 1. The predicted molar refractivity (Wildman–Crippen MR) is 111 cm³/mol. The molecule has 3 rings (SSSR count). The van der Waals surface area contributed by atoms with E-state index in [9.17, 15) is 23.1 Å². The van der Waals surface area contributed by atoms with Crippen molar-refractivity contribution in [3.05, 3.63) is 54.2 Å². The Bertz CT molecular complexity index is 1200. The fourth-order valence-electron chi connectivity index (χ4n) is 3.09. The van der Waals surface area contributed by atoms with Crippen LogP contribution in [0.15, 0.2) is 53.6 Å². The molecule has 10 heteroatoms. The van der Waals surface area contributed by atoms with Gasteiger partial charge >= 0.3 is 5.97 Å². The minimum Gasteiger partial charge on any atom is -0.495 e. The fraction of sp³-hybridized carbons (Fsp3) is 0.200. The number of anilines is 1. The van der Waals surface area contributed by atoms with Crippen molar-refractivity contribution in [2.45, 2.75) is 24.3 Å². The van der Waals surface area contributed by atoms with Gasteiger partial charge in [0, 0.05) is 36.5 Å². The zero-order valence-corrected chi connectivity index (χ0v) is 17.1. The largest absolute Gasteiger partial charge is 0.495 e. The van der Waals surface area contributed by atoms with E-state index < -0.39 is 22.0 Å². The number of aromatic amines is 1. The lowest BCUT2D eigenvalue weighted by atomic mass is 10.1. The molecule has 0 unspecified atom stereocenters. The highest BCUT2D eigenvalue weighted by molar-refractivity contribution is 7.89. The number of H-pyrrole nitrogens is 1. The fourth-order valence-corrected chi connectivity index (χ4v) is 4.29. The number of benzene rings is 2. The Morgan fingerprint density at radius 2 is 1.93 bits per heavy atom. The van der Waals surface area contributed by atoms with Crippen molar-refractivity contribution in [3.63, 3.8) is 0 Å². The number of aliphatic carboxylic acids is 1. The molecule has 0 spiro atoms. The number of carbonyl (C=O) groups excluding carboxylic acids is 1. The number of carbonyl (C=O) groups is 2. The van der Waals surface area contributed by atoms with E-state index in [1.54, 1.807) is 6.20 Å². The van der Waals surface area contributed by atoms with Crippen molar-refractivity contribution < 1.29 is 27.9 Å². The average molecular weight is 431 g/mol. The zero-order chi connectivity index (χ0) is 21.9. The molecule has 2 aromatic carbocycles. The third-order valence-corrected chi connectivity index (χ3v) is 5.96. The van der Waals surface area contributed by atoms with E-state index in [1.165, 1.54) is 32.2 Å². The van der Waals surface area contributed by atoms with Gasteiger partial charge in [0.25, 0.3) is 0 Å². The maximum absolute atomic E-state index is 12.8. The van der Waals surface area contributed by atoms with E-state index in [4.69, 9.17) is 4.74 Å². The summed E-state index contributed by atoms with van der Waals surface area (Å²) in [6.07, 6.45) is 1.62. The lowest BCUT2D eigenvalue weighted by Gasteiger charge is -2.16. The minimum absolute atomic E-state index is 0.0420. The van der Waals surface area contributed by atoms with Gasteiger partial charge in [-0.2, -0.15) is 4.72 Å². The Kier molecular flexibility index (Phi) is 6.09. The summed E-state index contributed by atoms with van der Waals surface area (Å²) >= 11 is 0. The number of fused-ring (bicyclic) bond motifs is 1. The lowest BCUT2D eigenvalue weighted by Crippen LogP contribution is -2.42. The molecule has 4 N–H and O–H groups in total. The smallest absolute Gasteiger partial charge is 0.322 e. The number of aromatic nitrogens is 1. The normalized spacial score (nSPS) is 12.5.